The molecule has 0 atom stereocenters. The molecule has 0 heterocycles. The van der Waals surface area contributed by atoms with Gasteiger partial charge in [-0.2, -0.15) is 0 Å². The fourth-order valence-electron chi connectivity index (χ4n) is 12.2. The Bertz CT molecular complexity index is 4010. The summed E-state index contributed by atoms with van der Waals surface area (Å²) in [7, 11) is 13.5. The first-order chi connectivity index (χ1) is 45.2. The maximum absolute atomic E-state index is 5.89. The van der Waals surface area contributed by atoms with Crippen LogP contribution in [0.3, 0.4) is 0 Å². The third-order valence-electron chi connectivity index (χ3n) is 16.8. The molecule has 12 aromatic carbocycles. The first kappa shape index (κ1) is 59.2. The van der Waals surface area contributed by atoms with Gasteiger partial charge < -0.3 is 57.5 Å². The molecule has 12 heteroatoms. The largest absolute Gasteiger partial charge is 0.497 e. The number of methoxy groups -OCH3 is 8. The predicted octanol–water partition coefficient (Wildman–Crippen LogP) is 20.6. The Morgan fingerprint density at radius 2 is 0.326 bits per heavy atom. The molecule has 0 bridgehead atoms. The Labute approximate surface area is 537 Å². The molecule has 0 unspecified atom stereocenters. The lowest BCUT2D eigenvalue weighted by atomic mass is 9.80. The van der Waals surface area contributed by atoms with Crippen molar-refractivity contribution in [3.63, 3.8) is 0 Å². The van der Waals surface area contributed by atoms with E-state index < -0.39 is 0 Å². The van der Waals surface area contributed by atoms with Crippen LogP contribution in [0.5, 0.6) is 46.0 Å². The summed E-state index contributed by atoms with van der Waals surface area (Å²) in [5, 5.41) is 0. The van der Waals surface area contributed by atoms with E-state index in [-0.39, 0.29) is 0 Å². The van der Waals surface area contributed by atoms with Crippen LogP contribution in [0.2, 0.25) is 0 Å². The molecular weight excluding hydrogens is 1140 g/mol. The quantitative estimate of drug-likeness (QED) is 0.0728. The number of ether oxygens (including phenoxy) is 8. The molecule has 0 N–H and O–H groups in total. The van der Waals surface area contributed by atoms with E-state index in [4.69, 9.17) is 37.9 Å². The van der Waals surface area contributed by atoms with Crippen molar-refractivity contribution in [3.05, 3.63) is 267 Å². The standard InChI is InChI=1S/C80H68N4O8/c1-85-65-33-21-53(22-34-65)81(57-13-9-17-69(45-57)89-5)61-29-41-73-74-42-30-63(83(55-25-37-67(87-3)38-26-55)59-15-11-19-71(47-59)91-7)51-79(74)80-52-64(84(56-27-39-68(88-4)40-28-56)60-16-12-20-72(48-60)92-8)32-44-76(80)75-43-31-62(50-78(75)77(73)49-61)82(54-23-35-66(86-2)36-24-54)58-14-10-18-70(46-58)90-6/h9-52H,1-8H3. The molecule has 12 aromatic rings. The van der Waals surface area contributed by atoms with Gasteiger partial charge in [-0.3, -0.25) is 0 Å². The van der Waals surface area contributed by atoms with Gasteiger partial charge in [-0.1, -0.05) is 48.5 Å². The van der Waals surface area contributed by atoms with Crippen LogP contribution in [0.4, 0.5) is 68.2 Å². The molecule has 0 aromatic heterocycles. The van der Waals surface area contributed by atoms with Crippen molar-refractivity contribution in [1.82, 2.24) is 0 Å². The second kappa shape index (κ2) is 26.1. The minimum Gasteiger partial charge on any atom is -0.497 e. The van der Waals surface area contributed by atoms with Crippen LogP contribution >= 0.6 is 0 Å². The predicted molar refractivity (Wildman–Crippen MR) is 373 cm³/mol. The number of fused-ring (bicyclic) bond motifs is 8. The summed E-state index contributed by atoms with van der Waals surface area (Å²) in [6, 6.07) is 92.6. The third-order valence-corrected chi connectivity index (χ3v) is 16.8. The summed E-state index contributed by atoms with van der Waals surface area (Å²) in [5.74, 6) is 5.93. The highest BCUT2D eigenvalue weighted by atomic mass is 16.5. The van der Waals surface area contributed by atoms with E-state index >= 15 is 0 Å². The van der Waals surface area contributed by atoms with Crippen molar-refractivity contribution >= 4 is 68.2 Å². The Hall–Kier alpha value is -11.8. The SMILES string of the molecule is COc1ccc(N(c2cccc(OC)c2)c2ccc3c(c2)-c2cc(N(c4ccc(OC)cc4)c4cccc(OC)c4)ccc2-c2ccc(N(c4ccc(OC)cc4)c4cccc(OC)c4)cc2-c2cc(N(c4ccc(OC)cc4)c4cccc(OC)c4)ccc2-3)cc1. The number of hydrogen-bond acceptors (Lipinski definition) is 12. The average Bonchev–Trinajstić information content (AvgIpc) is 0.746. The number of benzene rings is 12. The van der Waals surface area contributed by atoms with Crippen LogP contribution in [0.25, 0.3) is 44.5 Å². The maximum Gasteiger partial charge on any atom is 0.120 e. The average molecular weight is 1210 g/mol. The van der Waals surface area contributed by atoms with E-state index in [9.17, 15) is 0 Å². The zero-order chi connectivity index (χ0) is 63.2. The van der Waals surface area contributed by atoms with E-state index in [1.54, 1.807) is 56.9 Å². The van der Waals surface area contributed by atoms with Crippen LogP contribution in [0.15, 0.2) is 267 Å². The van der Waals surface area contributed by atoms with E-state index in [0.29, 0.717) is 0 Å². The lowest BCUT2D eigenvalue weighted by Gasteiger charge is -2.32. The maximum atomic E-state index is 5.89. The first-order valence-electron chi connectivity index (χ1n) is 30.1. The van der Waals surface area contributed by atoms with Crippen LogP contribution in [-0.4, -0.2) is 56.9 Å². The molecule has 12 nitrogen and oxygen atoms in total. The molecule has 0 spiro atoms. The Kier molecular flexibility index (Phi) is 16.8. The monoisotopic (exact) mass is 1210 g/mol. The van der Waals surface area contributed by atoms with Gasteiger partial charge in [-0.25, -0.2) is 0 Å². The van der Waals surface area contributed by atoms with Gasteiger partial charge in [-0.15, -0.1) is 0 Å². The second-order valence-electron chi connectivity index (χ2n) is 21.9. The van der Waals surface area contributed by atoms with Crippen LogP contribution in [0.1, 0.15) is 0 Å². The number of anilines is 12. The smallest absolute Gasteiger partial charge is 0.120 e. The van der Waals surface area contributed by atoms with Gasteiger partial charge in [-0.05, 0) is 239 Å². The molecule has 13 rings (SSSR count). The van der Waals surface area contributed by atoms with Gasteiger partial charge in [0.2, 0.25) is 0 Å². The van der Waals surface area contributed by atoms with E-state index in [2.05, 4.69) is 189 Å². The zero-order valence-corrected chi connectivity index (χ0v) is 52.5. The molecule has 0 fully saturated rings. The fraction of sp³-hybridized carbons (Fsp3) is 0.100. The van der Waals surface area contributed by atoms with Crippen molar-refractivity contribution in [2.75, 3.05) is 76.5 Å². The molecule has 0 radical (unpaired) electrons. The molecule has 1 aliphatic rings. The summed E-state index contributed by atoms with van der Waals surface area (Å²) in [6.45, 7) is 0. The zero-order valence-electron chi connectivity index (χ0n) is 52.5. The molecule has 456 valence electrons. The van der Waals surface area contributed by atoms with Crippen molar-refractivity contribution in [1.29, 1.82) is 0 Å². The summed E-state index contributed by atoms with van der Waals surface area (Å²) in [4.78, 5) is 9.06. The Morgan fingerprint density at radius 3 is 0.511 bits per heavy atom. The van der Waals surface area contributed by atoms with Crippen molar-refractivity contribution in [2.45, 2.75) is 0 Å². The van der Waals surface area contributed by atoms with Crippen LogP contribution < -0.4 is 57.5 Å². The van der Waals surface area contributed by atoms with E-state index in [0.717, 1.165) is 159 Å². The number of hydrogen-bond donors (Lipinski definition) is 0. The summed E-state index contributed by atoms with van der Waals surface area (Å²) in [6.07, 6.45) is 0. The van der Waals surface area contributed by atoms with Gasteiger partial charge in [0.1, 0.15) is 46.0 Å². The lowest BCUT2D eigenvalue weighted by Crippen LogP contribution is -2.13. The molecule has 0 aliphatic heterocycles. The third kappa shape index (κ3) is 11.6. The van der Waals surface area contributed by atoms with E-state index in [1.807, 2.05) is 97.1 Å². The van der Waals surface area contributed by atoms with Crippen LogP contribution in [-0.2, 0) is 0 Å². The second-order valence-corrected chi connectivity index (χ2v) is 21.9. The highest BCUT2D eigenvalue weighted by molar-refractivity contribution is 6.07. The van der Waals surface area contributed by atoms with Gasteiger partial charge in [0.25, 0.3) is 0 Å². The molecule has 92 heavy (non-hydrogen) atoms. The van der Waals surface area contributed by atoms with Gasteiger partial charge in [0.05, 0.1) is 56.9 Å². The summed E-state index contributed by atoms with van der Waals surface area (Å²) in [5.41, 5.74) is 19.1. The Balaban J connectivity index is 1.13. The topological polar surface area (TPSA) is 86.8 Å². The normalized spacial score (nSPS) is 11.0. The fourth-order valence-corrected chi connectivity index (χ4v) is 12.2. The number of rotatable bonds is 20. The highest BCUT2D eigenvalue weighted by Gasteiger charge is 2.29. The van der Waals surface area contributed by atoms with Gasteiger partial charge in [0.15, 0.2) is 0 Å². The minimum absolute atomic E-state index is 0.730. The molecule has 0 amide bonds. The molecular formula is C80H68N4O8. The van der Waals surface area contributed by atoms with Gasteiger partial charge in [0, 0.05) is 92.5 Å². The molecule has 1 aliphatic carbocycles. The summed E-state index contributed by atoms with van der Waals surface area (Å²) >= 11 is 0. The first-order valence-corrected chi connectivity index (χ1v) is 30.1. The minimum atomic E-state index is 0.730. The van der Waals surface area contributed by atoms with Crippen molar-refractivity contribution < 1.29 is 37.9 Å². The lowest BCUT2D eigenvalue weighted by molar-refractivity contribution is 0.414. The molecule has 0 saturated heterocycles. The molecule has 0 saturated carbocycles. The Morgan fingerprint density at radius 1 is 0.152 bits per heavy atom. The highest BCUT2D eigenvalue weighted by Crippen LogP contribution is 2.54. The van der Waals surface area contributed by atoms with Crippen molar-refractivity contribution in [3.8, 4) is 90.5 Å². The van der Waals surface area contributed by atoms with Crippen molar-refractivity contribution in [2.24, 2.45) is 0 Å². The van der Waals surface area contributed by atoms with E-state index in [1.165, 1.54) is 0 Å². The summed E-state index contributed by atoms with van der Waals surface area (Å²) < 4.78 is 46.4. The van der Waals surface area contributed by atoms with Crippen LogP contribution in [0, 0.1) is 0 Å². The number of nitrogens with zero attached hydrogens (tertiary/aromatic N) is 4. The van der Waals surface area contributed by atoms with Gasteiger partial charge >= 0.3 is 0 Å².